The molecule has 0 fully saturated rings. The molecular formula is C15H19N3O2S. The molecular weight excluding hydrogens is 286 g/mol. The van der Waals surface area contributed by atoms with Crippen molar-refractivity contribution in [1.29, 1.82) is 0 Å². The van der Waals surface area contributed by atoms with Crippen LogP contribution in [0.15, 0.2) is 18.2 Å². The van der Waals surface area contributed by atoms with E-state index in [1.54, 1.807) is 0 Å². The van der Waals surface area contributed by atoms with E-state index < -0.39 is 6.04 Å². The van der Waals surface area contributed by atoms with Gasteiger partial charge < -0.3 is 10.6 Å². The van der Waals surface area contributed by atoms with E-state index in [0.29, 0.717) is 5.13 Å². The van der Waals surface area contributed by atoms with Crippen LogP contribution in [0, 0.1) is 12.8 Å². The van der Waals surface area contributed by atoms with Gasteiger partial charge in [-0.2, -0.15) is 0 Å². The van der Waals surface area contributed by atoms with Crippen molar-refractivity contribution < 1.29 is 9.59 Å². The number of aromatic nitrogens is 1. The second-order valence-electron chi connectivity index (χ2n) is 5.40. The van der Waals surface area contributed by atoms with Gasteiger partial charge in [0, 0.05) is 6.92 Å². The average Bonchev–Trinajstić information content (AvgIpc) is 2.76. The van der Waals surface area contributed by atoms with Crippen molar-refractivity contribution in [3.63, 3.8) is 0 Å². The van der Waals surface area contributed by atoms with Gasteiger partial charge >= 0.3 is 0 Å². The molecule has 1 heterocycles. The number of nitrogens with zero attached hydrogens (tertiary/aromatic N) is 1. The van der Waals surface area contributed by atoms with E-state index in [9.17, 15) is 9.59 Å². The molecule has 112 valence electrons. The molecule has 2 N–H and O–H groups in total. The highest BCUT2D eigenvalue weighted by Gasteiger charge is 2.23. The Morgan fingerprint density at radius 3 is 2.62 bits per heavy atom. The zero-order valence-electron chi connectivity index (χ0n) is 12.6. The first-order chi connectivity index (χ1) is 9.86. The van der Waals surface area contributed by atoms with Gasteiger partial charge in [-0.05, 0) is 30.5 Å². The molecule has 0 aliphatic carbocycles. The summed E-state index contributed by atoms with van der Waals surface area (Å²) in [6.07, 6.45) is 0. The van der Waals surface area contributed by atoms with Crippen LogP contribution in [0.2, 0.25) is 0 Å². The molecule has 2 aromatic rings. The van der Waals surface area contributed by atoms with Crippen LogP contribution in [-0.2, 0) is 9.59 Å². The summed E-state index contributed by atoms with van der Waals surface area (Å²) in [7, 11) is 0. The summed E-state index contributed by atoms with van der Waals surface area (Å²) in [6, 6.07) is 5.40. The summed E-state index contributed by atoms with van der Waals surface area (Å²) in [6.45, 7) is 7.20. The second-order valence-corrected chi connectivity index (χ2v) is 6.43. The number of nitrogens with one attached hydrogen (secondary N) is 2. The fourth-order valence-corrected chi connectivity index (χ4v) is 2.99. The Morgan fingerprint density at radius 2 is 2.00 bits per heavy atom. The predicted octanol–water partition coefficient (Wildman–Crippen LogP) is 2.70. The fraction of sp³-hybridized carbons (Fsp3) is 0.400. The lowest BCUT2D eigenvalue weighted by molar-refractivity contribution is -0.126. The number of rotatable bonds is 4. The molecule has 1 unspecified atom stereocenters. The lowest BCUT2D eigenvalue weighted by atomic mass is 10.0. The van der Waals surface area contributed by atoms with E-state index in [-0.39, 0.29) is 17.7 Å². The molecule has 1 aromatic heterocycles. The van der Waals surface area contributed by atoms with Gasteiger partial charge in [-0.3, -0.25) is 9.59 Å². The van der Waals surface area contributed by atoms with Crippen LogP contribution >= 0.6 is 11.3 Å². The van der Waals surface area contributed by atoms with Crippen LogP contribution in [0.1, 0.15) is 26.3 Å². The Morgan fingerprint density at radius 1 is 1.29 bits per heavy atom. The standard InChI is InChI=1S/C15H19N3O2S/c1-8(2)13(16-10(4)19)14(20)18-15-17-11-6-5-9(3)7-12(11)21-15/h5-8,13H,1-4H3,(H,16,19)(H,17,18,20). The maximum absolute atomic E-state index is 12.3. The molecule has 0 aliphatic heterocycles. The van der Waals surface area contributed by atoms with Gasteiger partial charge in [0.25, 0.3) is 0 Å². The maximum Gasteiger partial charge on any atom is 0.248 e. The number of anilines is 1. The number of fused-ring (bicyclic) bond motifs is 1. The highest BCUT2D eigenvalue weighted by atomic mass is 32.1. The van der Waals surface area contributed by atoms with Crippen molar-refractivity contribution in [2.24, 2.45) is 5.92 Å². The van der Waals surface area contributed by atoms with Crippen LogP contribution in [-0.4, -0.2) is 22.8 Å². The Hall–Kier alpha value is -1.95. The third kappa shape index (κ3) is 3.78. The number of carbonyl (C=O) groups is 2. The first-order valence-electron chi connectivity index (χ1n) is 6.82. The van der Waals surface area contributed by atoms with Crippen LogP contribution in [0.25, 0.3) is 10.2 Å². The van der Waals surface area contributed by atoms with Gasteiger partial charge in [-0.15, -0.1) is 0 Å². The molecule has 21 heavy (non-hydrogen) atoms. The molecule has 5 nitrogen and oxygen atoms in total. The van der Waals surface area contributed by atoms with Crippen LogP contribution in [0.5, 0.6) is 0 Å². The molecule has 0 radical (unpaired) electrons. The zero-order valence-corrected chi connectivity index (χ0v) is 13.4. The summed E-state index contributed by atoms with van der Waals surface area (Å²) in [4.78, 5) is 27.9. The van der Waals surface area contributed by atoms with E-state index in [1.165, 1.54) is 18.3 Å². The Balaban J connectivity index is 2.17. The topological polar surface area (TPSA) is 71.1 Å². The summed E-state index contributed by atoms with van der Waals surface area (Å²) in [5.41, 5.74) is 2.02. The van der Waals surface area contributed by atoms with Crippen LogP contribution in [0.4, 0.5) is 5.13 Å². The molecule has 0 bridgehead atoms. The van der Waals surface area contributed by atoms with Crippen molar-refractivity contribution in [3.05, 3.63) is 23.8 Å². The van der Waals surface area contributed by atoms with E-state index in [1.807, 2.05) is 39.0 Å². The molecule has 0 spiro atoms. The lowest BCUT2D eigenvalue weighted by Gasteiger charge is -2.19. The zero-order chi connectivity index (χ0) is 15.6. The minimum absolute atomic E-state index is 0.00511. The largest absolute Gasteiger partial charge is 0.344 e. The van der Waals surface area contributed by atoms with Gasteiger partial charge in [0.15, 0.2) is 5.13 Å². The van der Waals surface area contributed by atoms with E-state index in [4.69, 9.17) is 0 Å². The van der Waals surface area contributed by atoms with Crippen molar-refractivity contribution in [1.82, 2.24) is 10.3 Å². The molecule has 2 rings (SSSR count). The monoisotopic (exact) mass is 305 g/mol. The molecule has 0 saturated carbocycles. The van der Waals surface area contributed by atoms with Crippen molar-refractivity contribution in [2.45, 2.75) is 33.7 Å². The summed E-state index contributed by atoms with van der Waals surface area (Å²) in [5, 5.41) is 6.01. The van der Waals surface area contributed by atoms with Crippen molar-refractivity contribution >= 4 is 38.5 Å². The van der Waals surface area contributed by atoms with E-state index >= 15 is 0 Å². The second kappa shape index (κ2) is 6.22. The van der Waals surface area contributed by atoms with Gasteiger partial charge in [-0.1, -0.05) is 31.3 Å². The minimum atomic E-state index is -0.559. The normalized spacial score (nSPS) is 12.4. The van der Waals surface area contributed by atoms with Gasteiger partial charge in [0.1, 0.15) is 6.04 Å². The average molecular weight is 305 g/mol. The number of aryl methyl sites for hydroxylation is 1. The van der Waals surface area contributed by atoms with Gasteiger partial charge in [0.05, 0.1) is 10.2 Å². The van der Waals surface area contributed by atoms with Crippen molar-refractivity contribution in [2.75, 3.05) is 5.32 Å². The molecule has 0 aliphatic rings. The van der Waals surface area contributed by atoms with Gasteiger partial charge in [0.2, 0.25) is 11.8 Å². The third-order valence-corrected chi connectivity index (χ3v) is 4.02. The minimum Gasteiger partial charge on any atom is -0.344 e. The Kier molecular flexibility index (Phi) is 4.57. The summed E-state index contributed by atoms with van der Waals surface area (Å²) >= 11 is 1.43. The van der Waals surface area contributed by atoms with Crippen LogP contribution in [0.3, 0.4) is 0 Å². The molecule has 2 amide bonds. The summed E-state index contributed by atoms with van der Waals surface area (Å²) in [5.74, 6) is -0.453. The fourth-order valence-electron chi connectivity index (χ4n) is 2.02. The molecule has 6 heteroatoms. The number of amides is 2. The lowest BCUT2D eigenvalue weighted by Crippen LogP contribution is -2.46. The number of carbonyl (C=O) groups excluding carboxylic acids is 2. The van der Waals surface area contributed by atoms with Gasteiger partial charge in [-0.25, -0.2) is 4.98 Å². The SMILES string of the molecule is CC(=O)NC(C(=O)Nc1nc2ccc(C)cc2s1)C(C)C. The number of benzene rings is 1. The van der Waals surface area contributed by atoms with Crippen LogP contribution < -0.4 is 10.6 Å². The molecule has 1 atom stereocenters. The third-order valence-electron chi connectivity index (χ3n) is 3.08. The maximum atomic E-state index is 12.3. The Bertz CT molecular complexity index is 679. The molecule has 1 aromatic carbocycles. The first-order valence-corrected chi connectivity index (χ1v) is 7.63. The quantitative estimate of drug-likeness (QED) is 0.912. The van der Waals surface area contributed by atoms with E-state index in [0.717, 1.165) is 15.8 Å². The predicted molar refractivity (Wildman–Crippen MR) is 85.4 cm³/mol. The summed E-state index contributed by atoms with van der Waals surface area (Å²) < 4.78 is 1.03. The smallest absolute Gasteiger partial charge is 0.248 e. The van der Waals surface area contributed by atoms with Crippen molar-refractivity contribution in [3.8, 4) is 0 Å². The van der Waals surface area contributed by atoms with E-state index in [2.05, 4.69) is 15.6 Å². The Labute approximate surface area is 127 Å². The number of thiazole rings is 1. The molecule has 0 saturated heterocycles. The first kappa shape index (κ1) is 15.4. The number of hydrogen-bond acceptors (Lipinski definition) is 4. The number of hydrogen-bond donors (Lipinski definition) is 2. The highest BCUT2D eigenvalue weighted by molar-refractivity contribution is 7.22. The highest BCUT2D eigenvalue weighted by Crippen LogP contribution is 2.26.